The van der Waals surface area contributed by atoms with Crippen molar-refractivity contribution in [2.24, 2.45) is 10.9 Å². The molecule has 0 amide bonds. The molecule has 0 spiro atoms. The number of ketones is 1. The molecule has 2 aliphatic heterocycles. The molecule has 3 heterocycles. The fourth-order valence-corrected chi connectivity index (χ4v) is 5.13. The van der Waals surface area contributed by atoms with Gasteiger partial charge in [-0.15, -0.1) is 0 Å². The zero-order valence-electron chi connectivity index (χ0n) is 20.5. The monoisotopic (exact) mass is 491 g/mol. The van der Waals surface area contributed by atoms with Crippen LogP contribution >= 0.6 is 11.8 Å². The SMILES string of the molecule is CCC(=O)Cc1ccc(Sc2nc(NC3=NCC(C4CCC4)=C3)nc(N3CCN(C)CC3)n2)cc1. The van der Waals surface area contributed by atoms with Crippen LogP contribution < -0.4 is 10.2 Å². The molecule has 0 bridgehead atoms. The van der Waals surface area contributed by atoms with Gasteiger partial charge in [0.05, 0.1) is 6.54 Å². The van der Waals surface area contributed by atoms with E-state index >= 15 is 0 Å². The molecule has 184 valence electrons. The van der Waals surface area contributed by atoms with Crippen molar-refractivity contribution in [2.45, 2.75) is 49.1 Å². The molecule has 1 saturated carbocycles. The number of likely N-dealkylation sites (N-methyl/N-ethyl adjacent to an activating group) is 1. The summed E-state index contributed by atoms with van der Waals surface area (Å²) in [6, 6.07) is 8.09. The van der Waals surface area contributed by atoms with Gasteiger partial charge >= 0.3 is 0 Å². The van der Waals surface area contributed by atoms with E-state index in [0.717, 1.165) is 49.0 Å². The highest BCUT2D eigenvalue weighted by atomic mass is 32.2. The van der Waals surface area contributed by atoms with Gasteiger partial charge in [0.1, 0.15) is 11.6 Å². The summed E-state index contributed by atoms with van der Waals surface area (Å²) in [7, 11) is 2.14. The highest BCUT2D eigenvalue weighted by molar-refractivity contribution is 7.99. The van der Waals surface area contributed by atoms with E-state index in [1.807, 2.05) is 31.2 Å². The second-order valence-electron chi connectivity index (χ2n) is 9.52. The number of amidine groups is 1. The third kappa shape index (κ3) is 6.08. The first-order valence-corrected chi connectivity index (χ1v) is 13.4. The van der Waals surface area contributed by atoms with Crippen LogP contribution in [0, 0.1) is 5.92 Å². The molecule has 0 radical (unpaired) electrons. The molecule has 2 fully saturated rings. The first kappa shape index (κ1) is 23.9. The van der Waals surface area contributed by atoms with Gasteiger partial charge in [-0.25, -0.2) is 0 Å². The van der Waals surface area contributed by atoms with Gasteiger partial charge < -0.3 is 15.1 Å². The van der Waals surface area contributed by atoms with E-state index in [4.69, 9.17) is 15.0 Å². The Labute approximate surface area is 211 Å². The van der Waals surface area contributed by atoms with Gasteiger partial charge in [0.25, 0.3) is 0 Å². The molecule has 0 unspecified atom stereocenters. The topological polar surface area (TPSA) is 86.6 Å². The fraction of sp³-hybridized carbons (Fsp3) is 0.500. The molecule has 0 atom stereocenters. The lowest BCUT2D eigenvalue weighted by atomic mass is 9.80. The van der Waals surface area contributed by atoms with Crippen molar-refractivity contribution in [2.75, 3.05) is 50.0 Å². The predicted molar refractivity (Wildman–Crippen MR) is 140 cm³/mol. The maximum absolute atomic E-state index is 11.8. The molecular weight excluding hydrogens is 458 g/mol. The summed E-state index contributed by atoms with van der Waals surface area (Å²) < 4.78 is 0. The Balaban J connectivity index is 1.34. The van der Waals surface area contributed by atoms with E-state index < -0.39 is 0 Å². The van der Waals surface area contributed by atoms with Crippen molar-refractivity contribution in [1.29, 1.82) is 0 Å². The van der Waals surface area contributed by atoms with Crippen LogP contribution in [-0.4, -0.2) is 71.2 Å². The van der Waals surface area contributed by atoms with Crippen molar-refractivity contribution in [1.82, 2.24) is 19.9 Å². The second-order valence-corrected chi connectivity index (χ2v) is 10.6. The minimum atomic E-state index is 0.250. The maximum atomic E-state index is 11.8. The van der Waals surface area contributed by atoms with Crippen LogP contribution in [0.15, 0.2) is 51.0 Å². The number of nitrogens with one attached hydrogen (secondary N) is 1. The van der Waals surface area contributed by atoms with E-state index in [1.54, 1.807) is 0 Å². The summed E-state index contributed by atoms with van der Waals surface area (Å²) in [5, 5.41) is 4.00. The predicted octanol–water partition coefficient (Wildman–Crippen LogP) is 3.85. The first-order valence-electron chi connectivity index (χ1n) is 12.6. The van der Waals surface area contributed by atoms with Crippen molar-refractivity contribution >= 4 is 35.3 Å². The number of carbonyl (C=O) groups excluding carboxylic acids is 1. The lowest BCUT2D eigenvalue weighted by Gasteiger charge is -2.32. The zero-order chi connectivity index (χ0) is 24.2. The molecule has 35 heavy (non-hydrogen) atoms. The number of benzene rings is 1. The lowest BCUT2D eigenvalue weighted by molar-refractivity contribution is -0.118. The third-order valence-corrected chi connectivity index (χ3v) is 7.81. The summed E-state index contributed by atoms with van der Waals surface area (Å²) in [5.74, 6) is 3.01. The highest BCUT2D eigenvalue weighted by Gasteiger charge is 2.25. The van der Waals surface area contributed by atoms with E-state index in [9.17, 15) is 4.79 Å². The van der Waals surface area contributed by atoms with Gasteiger partial charge in [-0.1, -0.05) is 25.5 Å². The van der Waals surface area contributed by atoms with Gasteiger partial charge in [0.15, 0.2) is 5.16 Å². The van der Waals surface area contributed by atoms with Crippen molar-refractivity contribution in [3.05, 3.63) is 41.5 Å². The van der Waals surface area contributed by atoms with E-state index in [0.29, 0.717) is 35.8 Å². The molecule has 8 nitrogen and oxygen atoms in total. The number of nitrogens with zero attached hydrogens (tertiary/aromatic N) is 6. The van der Waals surface area contributed by atoms with E-state index in [-0.39, 0.29) is 5.78 Å². The van der Waals surface area contributed by atoms with Crippen molar-refractivity contribution < 1.29 is 4.79 Å². The molecule has 1 N–H and O–H groups in total. The quantitative estimate of drug-likeness (QED) is 0.596. The summed E-state index contributed by atoms with van der Waals surface area (Å²) in [6.07, 6.45) is 7.09. The Kier molecular flexibility index (Phi) is 7.43. The Morgan fingerprint density at radius 2 is 1.86 bits per heavy atom. The Bertz CT molecular complexity index is 1120. The van der Waals surface area contributed by atoms with Crippen LogP contribution in [0.4, 0.5) is 11.9 Å². The van der Waals surface area contributed by atoms with Gasteiger partial charge in [0, 0.05) is 43.9 Å². The average molecular weight is 492 g/mol. The standard InChI is InChI=1S/C26H33N7OS/c1-3-21(34)15-18-7-9-22(10-8-18)35-26-30-24(28-23-16-20(17-27-23)19-5-4-6-19)29-25(31-26)33-13-11-32(2)12-14-33/h7-10,16,19H,3-6,11-15,17H2,1-2H3,(H,27,28,29,30,31). The van der Waals surface area contributed by atoms with Crippen LogP contribution in [-0.2, 0) is 11.2 Å². The Morgan fingerprint density at radius 1 is 1.09 bits per heavy atom. The Morgan fingerprint density at radius 3 is 2.54 bits per heavy atom. The average Bonchev–Trinajstić information content (AvgIpc) is 3.27. The minimum absolute atomic E-state index is 0.250. The number of anilines is 2. The van der Waals surface area contributed by atoms with E-state index in [2.05, 4.69) is 33.2 Å². The van der Waals surface area contributed by atoms with Crippen LogP contribution in [0.5, 0.6) is 0 Å². The number of hydrogen-bond donors (Lipinski definition) is 1. The normalized spacial score (nSPS) is 18.7. The minimum Gasteiger partial charge on any atom is -0.338 e. The molecule has 5 rings (SSSR count). The molecule has 2 aromatic rings. The van der Waals surface area contributed by atoms with Crippen molar-refractivity contribution in [3.63, 3.8) is 0 Å². The molecule has 1 saturated heterocycles. The van der Waals surface area contributed by atoms with Gasteiger partial charge in [-0.2, -0.15) is 15.0 Å². The zero-order valence-corrected chi connectivity index (χ0v) is 21.4. The highest BCUT2D eigenvalue weighted by Crippen LogP contribution is 2.34. The van der Waals surface area contributed by atoms with Crippen LogP contribution in [0.3, 0.4) is 0 Å². The number of aliphatic imine (C=N–C) groups is 1. The summed E-state index contributed by atoms with van der Waals surface area (Å²) >= 11 is 1.51. The summed E-state index contributed by atoms with van der Waals surface area (Å²) in [4.78, 5) is 36.3. The lowest BCUT2D eigenvalue weighted by Crippen LogP contribution is -2.45. The second kappa shape index (κ2) is 10.9. The number of Topliss-reactive ketones (excluding diaryl/α,β-unsaturated/α-hetero) is 1. The molecule has 9 heteroatoms. The number of rotatable bonds is 8. The largest absolute Gasteiger partial charge is 0.338 e. The number of aromatic nitrogens is 3. The van der Waals surface area contributed by atoms with E-state index in [1.165, 1.54) is 36.6 Å². The van der Waals surface area contributed by atoms with Crippen LogP contribution in [0.1, 0.15) is 38.2 Å². The Hall–Kier alpha value is -2.78. The van der Waals surface area contributed by atoms with Crippen LogP contribution in [0.2, 0.25) is 0 Å². The van der Waals surface area contributed by atoms with Crippen molar-refractivity contribution in [3.8, 4) is 0 Å². The number of carbonyl (C=O) groups is 1. The first-order chi connectivity index (χ1) is 17.1. The summed E-state index contributed by atoms with van der Waals surface area (Å²) in [6.45, 7) is 6.41. The number of hydrogen-bond acceptors (Lipinski definition) is 9. The fourth-order valence-electron chi connectivity index (χ4n) is 4.39. The van der Waals surface area contributed by atoms with Gasteiger partial charge in [-0.05, 0) is 66.9 Å². The van der Waals surface area contributed by atoms with Crippen LogP contribution in [0.25, 0.3) is 0 Å². The number of piperazine rings is 1. The smallest absolute Gasteiger partial charge is 0.234 e. The van der Waals surface area contributed by atoms with Gasteiger partial charge in [0.2, 0.25) is 11.9 Å². The molecule has 1 aromatic heterocycles. The maximum Gasteiger partial charge on any atom is 0.234 e. The molecule has 1 aromatic carbocycles. The molecule has 3 aliphatic rings. The summed E-state index contributed by atoms with van der Waals surface area (Å²) in [5.41, 5.74) is 2.45. The molecule has 1 aliphatic carbocycles. The molecular formula is C26H33N7OS. The third-order valence-electron chi connectivity index (χ3n) is 6.94. The van der Waals surface area contributed by atoms with Gasteiger partial charge in [-0.3, -0.25) is 9.79 Å².